The van der Waals surface area contributed by atoms with E-state index in [0.717, 1.165) is 39.0 Å². The Hall–Kier alpha value is -1.66. The van der Waals surface area contributed by atoms with Gasteiger partial charge in [0.05, 0.1) is 29.2 Å². The van der Waals surface area contributed by atoms with Gasteiger partial charge in [-0.05, 0) is 84.3 Å². The van der Waals surface area contributed by atoms with Crippen LogP contribution >= 0.6 is 22.6 Å². The number of carbonyl (C=O) groups is 1. The van der Waals surface area contributed by atoms with Gasteiger partial charge in [-0.1, -0.05) is 38.1 Å². The van der Waals surface area contributed by atoms with Crippen LogP contribution in [0.15, 0.2) is 42.5 Å². The lowest BCUT2D eigenvalue weighted by molar-refractivity contribution is -0.191. The second kappa shape index (κ2) is 11.2. The zero-order chi connectivity index (χ0) is 27.0. The molecular weight excluding hydrogens is 601 g/mol. The smallest absolute Gasteiger partial charge is 0.326 e. The fraction of sp³-hybridized carbons (Fsp3) is 0.536. The van der Waals surface area contributed by atoms with E-state index in [-0.39, 0.29) is 29.1 Å². The van der Waals surface area contributed by atoms with Crippen LogP contribution in [0.25, 0.3) is 0 Å². The van der Waals surface area contributed by atoms with E-state index in [1.54, 1.807) is 12.2 Å². The predicted molar refractivity (Wildman–Crippen MR) is 153 cm³/mol. The molecule has 202 valence electrons. The summed E-state index contributed by atoms with van der Waals surface area (Å²) in [5.74, 6) is 1.32. The van der Waals surface area contributed by atoms with Crippen molar-refractivity contribution in [1.29, 1.82) is 0 Å². The molecule has 0 bridgehead atoms. The molecule has 0 spiro atoms. The fourth-order valence-electron chi connectivity index (χ4n) is 4.94. The highest BCUT2D eigenvalue weighted by Gasteiger charge is 2.56. The molecule has 0 saturated carbocycles. The molecule has 2 aromatic carbocycles. The predicted octanol–water partition coefficient (Wildman–Crippen LogP) is 5.68. The first-order valence-electron chi connectivity index (χ1n) is 12.8. The molecule has 2 heterocycles. The third-order valence-corrected chi connectivity index (χ3v) is 12.5. The van der Waals surface area contributed by atoms with E-state index in [4.69, 9.17) is 19.0 Å². The van der Waals surface area contributed by atoms with Crippen molar-refractivity contribution in [1.82, 2.24) is 5.06 Å². The number of halogens is 1. The van der Waals surface area contributed by atoms with Crippen LogP contribution in [0.1, 0.15) is 44.7 Å². The molecule has 2 aromatic rings. The van der Waals surface area contributed by atoms with Crippen LogP contribution in [-0.2, 0) is 27.5 Å². The number of carbonyl (C=O) groups excluding carboxylic acids is 1. The number of hydrogen-bond donors (Lipinski definition) is 1. The Morgan fingerprint density at radius 2 is 1.86 bits per heavy atom. The molecule has 0 amide bonds. The summed E-state index contributed by atoms with van der Waals surface area (Å²) in [7, 11) is -0.698. The van der Waals surface area contributed by atoms with E-state index in [1.165, 1.54) is 0 Å². The monoisotopic (exact) mass is 639 g/mol. The fourth-order valence-corrected chi connectivity index (χ4v) is 6.41. The second-order valence-electron chi connectivity index (χ2n) is 11.2. The SMILES string of the molecule is COc1ccc(COc2c(I)cccc2CN2O[C@@H](CCC(C)(C)[Si](C)(C)O)[C@H]3[C@H](C)OC(=O)[C@H]32)cc1. The maximum atomic E-state index is 12.9. The first-order chi connectivity index (χ1) is 17.4. The maximum Gasteiger partial charge on any atom is 0.326 e. The number of benzene rings is 2. The van der Waals surface area contributed by atoms with Gasteiger partial charge < -0.3 is 19.0 Å². The number of cyclic esters (lactones) is 1. The molecule has 0 radical (unpaired) electrons. The number of ether oxygens (including phenoxy) is 3. The molecule has 37 heavy (non-hydrogen) atoms. The molecule has 1 N–H and O–H groups in total. The van der Waals surface area contributed by atoms with Gasteiger partial charge in [0, 0.05) is 5.56 Å². The highest BCUT2D eigenvalue weighted by Crippen LogP contribution is 2.45. The van der Waals surface area contributed by atoms with Crippen LogP contribution in [0.5, 0.6) is 11.5 Å². The molecule has 7 nitrogen and oxygen atoms in total. The maximum absolute atomic E-state index is 12.9. The minimum Gasteiger partial charge on any atom is -0.497 e. The lowest BCUT2D eigenvalue weighted by Crippen LogP contribution is -2.40. The summed E-state index contributed by atoms with van der Waals surface area (Å²) in [5, 5.41) is 1.63. The quantitative estimate of drug-likeness (QED) is 0.204. The third kappa shape index (κ3) is 6.16. The van der Waals surface area contributed by atoms with Gasteiger partial charge in [0.2, 0.25) is 0 Å². The number of nitrogens with zero attached hydrogens (tertiary/aromatic N) is 1. The summed E-state index contributed by atoms with van der Waals surface area (Å²) >= 11 is 2.28. The molecular formula is C28H38INO6Si. The van der Waals surface area contributed by atoms with Crippen molar-refractivity contribution in [3.8, 4) is 11.5 Å². The first-order valence-corrected chi connectivity index (χ1v) is 16.8. The Morgan fingerprint density at radius 3 is 2.51 bits per heavy atom. The highest BCUT2D eigenvalue weighted by atomic mass is 127. The largest absolute Gasteiger partial charge is 0.497 e. The summed E-state index contributed by atoms with van der Waals surface area (Å²) in [4.78, 5) is 30.1. The summed E-state index contributed by atoms with van der Waals surface area (Å²) in [6.07, 6.45) is 1.23. The van der Waals surface area contributed by atoms with Gasteiger partial charge in [-0.15, -0.1) is 0 Å². The summed E-state index contributed by atoms with van der Waals surface area (Å²) in [6, 6.07) is 13.4. The Kier molecular flexibility index (Phi) is 8.59. The Bertz CT molecular complexity index is 1100. The molecule has 2 saturated heterocycles. The number of hydroxylamine groups is 2. The lowest BCUT2D eigenvalue weighted by atomic mass is 9.88. The lowest BCUT2D eigenvalue weighted by Gasteiger charge is -2.36. The molecule has 0 aromatic heterocycles. The van der Waals surface area contributed by atoms with Crippen molar-refractivity contribution >= 4 is 36.9 Å². The van der Waals surface area contributed by atoms with Crippen molar-refractivity contribution < 1.29 is 28.6 Å². The Balaban J connectivity index is 1.51. The number of methoxy groups -OCH3 is 1. The second-order valence-corrected chi connectivity index (χ2v) is 16.9. The van der Waals surface area contributed by atoms with Crippen LogP contribution in [0.4, 0.5) is 0 Å². The summed E-state index contributed by atoms with van der Waals surface area (Å²) < 4.78 is 18.2. The summed E-state index contributed by atoms with van der Waals surface area (Å²) in [6.45, 7) is 11.0. The normalized spacial score (nSPS) is 24.2. The highest BCUT2D eigenvalue weighted by molar-refractivity contribution is 14.1. The molecule has 4 atom stereocenters. The van der Waals surface area contributed by atoms with E-state index in [0.29, 0.717) is 13.2 Å². The molecule has 4 rings (SSSR count). The van der Waals surface area contributed by atoms with Gasteiger partial charge in [0.25, 0.3) is 0 Å². The van der Waals surface area contributed by atoms with Crippen LogP contribution in [0.3, 0.4) is 0 Å². The number of esters is 1. The minimum atomic E-state index is -2.35. The molecule has 2 fully saturated rings. The minimum absolute atomic E-state index is 0.0433. The van der Waals surface area contributed by atoms with Crippen molar-refractivity contribution in [3.63, 3.8) is 0 Å². The molecule has 0 unspecified atom stereocenters. The molecule has 0 aliphatic carbocycles. The van der Waals surface area contributed by atoms with E-state index < -0.39 is 14.4 Å². The van der Waals surface area contributed by atoms with Gasteiger partial charge in [0.1, 0.15) is 30.3 Å². The van der Waals surface area contributed by atoms with Crippen LogP contribution in [0.2, 0.25) is 18.1 Å². The topological polar surface area (TPSA) is 77.5 Å². The number of para-hydroxylation sites is 1. The van der Waals surface area contributed by atoms with Crippen molar-refractivity contribution in [2.75, 3.05) is 7.11 Å². The van der Waals surface area contributed by atoms with Gasteiger partial charge in [-0.2, -0.15) is 5.06 Å². The first kappa shape index (κ1) is 28.3. The molecule has 2 aliphatic heterocycles. The number of hydrogen-bond acceptors (Lipinski definition) is 7. The van der Waals surface area contributed by atoms with E-state index in [2.05, 4.69) is 36.4 Å². The van der Waals surface area contributed by atoms with Crippen molar-refractivity contribution in [2.45, 2.75) is 83.1 Å². The van der Waals surface area contributed by atoms with Gasteiger partial charge in [-0.3, -0.25) is 9.63 Å². The number of fused-ring (bicyclic) bond motifs is 1. The average Bonchev–Trinajstić information content (AvgIpc) is 3.35. The molecule has 9 heteroatoms. The number of rotatable bonds is 10. The van der Waals surface area contributed by atoms with Crippen LogP contribution in [0, 0.1) is 9.49 Å². The van der Waals surface area contributed by atoms with E-state index in [9.17, 15) is 9.59 Å². The average molecular weight is 640 g/mol. The molecule has 2 aliphatic rings. The summed E-state index contributed by atoms with van der Waals surface area (Å²) in [5.41, 5.74) is 1.99. The Morgan fingerprint density at radius 1 is 1.16 bits per heavy atom. The standard InChI is InChI=1S/C28H38INO6Si/c1-18-24-23(14-15-28(2,3)37(5,6)32)36-30(25(24)27(31)35-18)16-20-8-7-9-22(29)26(20)34-17-19-10-12-21(33-4)13-11-19/h7-13,18,23-25,32H,14-17H2,1-6H3/t18-,23-,24+,25-/m0/s1. The zero-order valence-electron chi connectivity index (χ0n) is 22.5. The third-order valence-electron chi connectivity index (χ3n) is 8.09. The van der Waals surface area contributed by atoms with Gasteiger partial charge >= 0.3 is 5.97 Å². The Labute approximate surface area is 234 Å². The van der Waals surface area contributed by atoms with Gasteiger partial charge in [0.15, 0.2) is 8.32 Å². The van der Waals surface area contributed by atoms with Crippen LogP contribution < -0.4 is 9.47 Å². The van der Waals surface area contributed by atoms with Crippen molar-refractivity contribution in [2.24, 2.45) is 5.92 Å². The van der Waals surface area contributed by atoms with Crippen molar-refractivity contribution in [3.05, 3.63) is 57.2 Å². The van der Waals surface area contributed by atoms with Crippen LogP contribution in [-0.4, -0.2) is 49.5 Å². The van der Waals surface area contributed by atoms with Gasteiger partial charge in [-0.25, -0.2) is 0 Å². The van der Waals surface area contributed by atoms with E-state index >= 15 is 0 Å². The van der Waals surface area contributed by atoms with E-state index in [1.807, 2.05) is 62.5 Å². The zero-order valence-corrected chi connectivity index (χ0v) is 25.7.